The van der Waals surface area contributed by atoms with E-state index in [1.807, 2.05) is 36.4 Å². The smallest absolute Gasteiger partial charge is 0.228 e. The van der Waals surface area contributed by atoms with E-state index in [2.05, 4.69) is 38.2 Å². The van der Waals surface area contributed by atoms with Gasteiger partial charge in [-0.2, -0.15) is 0 Å². The molecule has 1 aliphatic heterocycles. The number of rotatable bonds is 8. The van der Waals surface area contributed by atoms with Gasteiger partial charge in [-0.05, 0) is 24.3 Å². The number of aromatic nitrogens is 2. The van der Waals surface area contributed by atoms with Gasteiger partial charge in [0, 0.05) is 60.5 Å². The molecule has 0 unspecified atom stereocenters. The van der Waals surface area contributed by atoms with Crippen LogP contribution in [0.3, 0.4) is 0 Å². The number of methoxy groups -OCH3 is 1. The monoisotopic (exact) mass is 493 g/mol. The maximum atomic E-state index is 7.74. The van der Waals surface area contributed by atoms with E-state index >= 15 is 0 Å². The molecule has 0 radical (unpaired) electrons. The molecule has 0 spiro atoms. The number of oxazole rings is 1. The van der Waals surface area contributed by atoms with Crippen LogP contribution in [-0.2, 0) is 0 Å². The number of allylic oxidation sites excluding steroid dienone is 1. The highest BCUT2D eigenvalue weighted by molar-refractivity contribution is 6.01. The lowest BCUT2D eigenvalue weighted by Crippen LogP contribution is -2.37. The highest BCUT2D eigenvalue weighted by Crippen LogP contribution is 2.41. The number of ether oxygens (including phenoxy) is 2. The van der Waals surface area contributed by atoms with Gasteiger partial charge >= 0.3 is 0 Å². The van der Waals surface area contributed by atoms with E-state index in [-0.39, 0.29) is 6.10 Å². The van der Waals surface area contributed by atoms with E-state index in [0.717, 1.165) is 48.3 Å². The van der Waals surface area contributed by atoms with Crippen molar-refractivity contribution in [3.8, 4) is 22.8 Å². The largest absolute Gasteiger partial charge is 0.493 e. The van der Waals surface area contributed by atoms with Gasteiger partial charge in [0.15, 0.2) is 23.7 Å². The molecule has 1 fully saturated rings. The number of anilines is 2. The second-order valence-corrected chi connectivity index (χ2v) is 8.72. The second kappa shape index (κ2) is 10.5. The first-order valence-electron chi connectivity index (χ1n) is 12.0. The zero-order valence-electron chi connectivity index (χ0n) is 20.6. The van der Waals surface area contributed by atoms with Crippen molar-refractivity contribution in [2.75, 3.05) is 25.5 Å². The van der Waals surface area contributed by atoms with Gasteiger partial charge in [0.1, 0.15) is 6.10 Å². The Morgan fingerprint density at radius 2 is 2.05 bits per heavy atom. The van der Waals surface area contributed by atoms with Gasteiger partial charge in [-0.25, -0.2) is 9.83 Å². The number of piperidine rings is 1. The van der Waals surface area contributed by atoms with Gasteiger partial charge in [-0.1, -0.05) is 25.3 Å². The van der Waals surface area contributed by atoms with Crippen molar-refractivity contribution in [2.24, 2.45) is 0 Å². The van der Waals surface area contributed by atoms with Crippen molar-refractivity contribution in [1.29, 1.82) is 0 Å². The van der Waals surface area contributed by atoms with Crippen LogP contribution in [-0.4, -0.2) is 41.2 Å². The lowest BCUT2D eigenvalue weighted by atomic mass is 10.1. The summed E-state index contributed by atoms with van der Waals surface area (Å²) in [5.41, 5.74) is 4.37. The predicted molar refractivity (Wildman–Crippen MR) is 144 cm³/mol. The Bertz CT molecular complexity index is 1480. The average molecular weight is 494 g/mol. The van der Waals surface area contributed by atoms with E-state index < -0.39 is 0 Å². The maximum Gasteiger partial charge on any atom is 0.228 e. The molecule has 2 aromatic carbocycles. The van der Waals surface area contributed by atoms with Crippen molar-refractivity contribution in [3.05, 3.63) is 91.5 Å². The van der Waals surface area contributed by atoms with E-state index in [9.17, 15) is 0 Å². The minimum Gasteiger partial charge on any atom is -0.493 e. The summed E-state index contributed by atoms with van der Waals surface area (Å²) in [6.45, 7) is 17.3. The van der Waals surface area contributed by atoms with Crippen LogP contribution >= 0.6 is 0 Å². The first-order chi connectivity index (χ1) is 18.1. The summed E-state index contributed by atoms with van der Waals surface area (Å²) in [6, 6.07) is 11.5. The SMILES string of the molecule is [C-]#[N+]c1cnc2cc(OC)c(OC3CCN(C(=C)C=C)CC3)cc2c1Nc1cccc(-c2cnco2)c1. The van der Waals surface area contributed by atoms with Crippen LogP contribution < -0.4 is 14.8 Å². The molecule has 0 aliphatic carbocycles. The molecule has 186 valence electrons. The summed E-state index contributed by atoms with van der Waals surface area (Å²) in [4.78, 5) is 14.4. The van der Waals surface area contributed by atoms with Gasteiger partial charge in [0.2, 0.25) is 5.69 Å². The van der Waals surface area contributed by atoms with E-state index in [4.69, 9.17) is 20.5 Å². The quantitative estimate of drug-likeness (QED) is 0.215. The molecule has 4 aromatic rings. The van der Waals surface area contributed by atoms with E-state index in [1.165, 1.54) is 6.39 Å². The summed E-state index contributed by atoms with van der Waals surface area (Å²) in [5.74, 6) is 1.89. The Balaban J connectivity index is 1.48. The number of benzene rings is 2. The first-order valence-corrected chi connectivity index (χ1v) is 12.0. The summed E-state index contributed by atoms with van der Waals surface area (Å²) in [6.07, 6.45) is 8.16. The molecule has 8 heteroatoms. The highest BCUT2D eigenvalue weighted by atomic mass is 16.5. The zero-order chi connectivity index (χ0) is 25.8. The number of hydrogen-bond acceptors (Lipinski definition) is 7. The molecule has 0 atom stereocenters. The molecule has 0 amide bonds. The van der Waals surface area contributed by atoms with Crippen LogP contribution in [0.5, 0.6) is 11.5 Å². The summed E-state index contributed by atoms with van der Waals surface area (Å²) in [5, 5.41) is 4.19. The summed E-state index contributed by atoms with van der Waals surface area (Å²) >= 11 is 0. The van der Waals surface area contributed by atoms with Gasteiger partial charge in [0.05, 0.1) is 31.1 Å². The fourth-order valence-corrected chi connectivity index (χ4v) is 4.48. The molecule has 37 heavy (non-hydrogen) atoms. The van der Waals surface area contributed by atoms with Crippen LogP contribution in [0.1, 0.15) is 12.8 Å². The van der Waals surface area contributed by atoms with Crippen molar-refractivity contribution in [1.82, 2.24) is 14.9 Å². The average Bonchev–Trinajstić information content (AvgIpc) is 3.48. The molecule has 1 saturated heterocycles. The second-order valence-electron chi connectivity index (χ2n) is 8.72. The molecule has 0 saturated carbocycles. The van der Waals surface area contributed by atoms with Gasteiger partial charge < -0.3 is 24.1 Å². The van der Waals surface area contributed by atoms with Crippen molar-refractivity contribution in [2.45, 2.75) is 18.9 Å². The number of fused-ring (bicyclic) bond motifs is 1. The first kappa shape index (κ1) is 23.9. The van der Waals surface area contributed by atoms with Gasteiger partial charge in [-0.15, -0.1) is 0 Å². The number of nitrogens with one attached hydrogen (secondary N) is 1. The molecule has 5 rings (SSSR count). The number of nitrogens with zero attached hydrogens (tertiary/aromatic N) is 4. The normalized spacial score (nSPS) is 13.7. The molecule has 2 aromatic heterocycles. The summed E-state index contributed by atoms with van der Waals surface area (Å²) < 4.78 is 17.5. The summed E-state index contributed by atoms with van der Waals surface area (Å²) in [7, 11) is 1.62. The molecular formula is C29H27N5O3. The number of pyridine rings is 1. The fraction of sp³-hybridized carbons (Fsp3) is 0.207. The van der Waals surface area contributed by atoms with Gasteiger partial charge in [-0.3, -0.25) is 4.98 Å². The van der Waals surface area contributed by atoms with Crippen LogP contribution in [0, 0.1) is 6.57 Å². The molecule has 0 bridgehead atoms. The molecule has 8 nitrogen and oxygen atoms in total. The van der Waals surface area contributed by atoms with Crippen LogP contribution in [0.15, 0.2) is 84.5 Å². The highest BCUT2D eigenvalue weighted by Gasteiger charge is 2.23. The Morgan fingerprint density at radius 1 is 1.22 bits per heavy atom. The Kier molecular flexibility index (Phi) is 6.77. The van der Waals surface area contributed by atoms with E-state index in [0.29, 0.717) is 34.2 Å². The van der Waals surface area contributed by atoms with Crippen LogP contribution in [0.4, 0.5) is 17.1 Å². The Labute approximate surface area is 215 Å². The van der Waals surface area contributed by atoms with Crippen LogP contribution in [0.2, 0.25) is 0 Å². The van der Waals surface area contributed by atoms with Gasteiger partial charge in [0.25, 0.3) is 0 Å². The molecule has 1 aliphatic rings. The number of likely N-dealkylation sites (tertiary alicyclic amines) is 1. The zero-order valence-corrected chi connectivity index (χ0v) is 20.6. The fourth-order valence-electron chi connectivity index (χ4n) is 4.48. The lowest BCUT2D eigenvalue weighted by molar-refractivity contribution is 0.116. The van der Waals surface area contributed by atoms with Crippen molar-refractivity contribution < 1.29 is 13.9 Å². The minimum absolute atomic E-state index is 0.0345. The maximum absolute atomic E-state index is 7.74. The Hall–Kier alpha value is -4.77. The van der Waals surface area contributed by atoms with Crippen LogP contribution in [0.25, 0.3) is 27.1 Å². The lowest BCUT2D eigenvalue weighted by Gasteiger charge is -2.34. The van der Waals surface area contributed by atoms with E-state index in [1.54, 1.807) is 25.6 Å². The standard InChI is InChI=1S/C29H27N5O3/c1-5-19(2)34-11-9-22(10-12-34)37-27-14-23-24(15-26(27)35-4)32-16-25(30-3)29(23)33-21-8-6-7-20(13-21)28-17-31-18-36-28/h5-8,13-18,22H,1-2,9-12H2,4H3,(H,32,33). The number of hydrogen-bond donors (Lipinski definition) is 1. The molecular weight excluding hydrogens is 466 g/mol. The molecule has 3 heterocycles. The predicted octanol–water partition coefficient (Wildman–Crippen LogP) is 6.74. The van der Waals surface area contributed by atoms with Crippen molar-refractivity contribution >= 4 is 28.0 Å². The molecule has 1 N–H and O–H groups in total. The Morgan fingerprint density at radius 3 is 2.76 bits per heavy atom. The third-order valence-electron chi connectivity index (χ3n) is 6.48. The third-order valence-corrected chi connectivity index (χ3v) is 6.48. The third kappa shape index (κ3) is 4.98. The minimum atomic E-state index is 0.0345. The van der Waals surface area contributed by atoms with Crippen molar-refractivity contribution in [3.63, 3.8) is 0 Å². The topological polar surface area (TPSA) is 77.0 Å².